The van der Waals surface area contributed by atoms with Gasteiger partial charge in [0.25, 0.3) is 5.91 Å². The van der Waals surface area contributed by atoms with Crippen molar-refractivity contribution in [1.29, 1.82) is 0 Å². The maximum Gasteiger partial charge on any atom is 0.259 e. The van der Waals surface area contributed by atoms with Crippen LogP contribution in [-0.2, 0) is 0 Å². The van der Waals surface area contributed by atoms with Gasteiger partial charge in [-0.1, -0.05) is 29.3 Å². The molecule has 0 aliphatic heterocycles. The summed E-state index contributed by atoms with van der Waals surface area (Å²) in [5, 5.41) is 3.43. The summed E-state index contributed by atoms with van der Waals surface area (Å²) in [5.41, 5.74) is 7.11. The van der Waals surface area contributed by atoms with E-state index >= 15 is 0 Å². The standard InChI is InChI=1S/C13H11Cl2N3O/c1-7-4-5-9(14)11(10(7)15)18-13(19)8-3-2-6-17-12(8)16/h2-6H,1H3,(H2,16,17)(H,18,19). The summed E-state index contributed by atoms with van der Waals surface area (Å²) in [4.78, 5) is 16.0. The maximum absolute atomic E-state index is 12.1. The number of anilines is 2. The summed E-state index contributed by atoms with van der Waals surface area (Å²) >= 11 is 12.2. The van der Waals surface area contributed by atoms with Gasteiger partial charge in [0, 0.05) is 6.20 Å². The Morgan fingerprint density at radius 1 is 1.32 bits per heavy atom. The van der Waals surface area contributed by atoms with Crippen molar-refractivity contribution in [3.63, 3.8) is 0 Å². The lowest BCUT2D eigenvalue weighted by Crippen LogP contribution is -2.15. The second-order valence-corrected chi connectivity index (χ2v) is 4.73. The van der Waals surface area contributed by atoms with Crippen molar-refractivity contribution in [2.45, 2.75) is 6.92 Å². The molecular weight excluding hydrogens is 285 g/mol. The van der Waals surface area contributed by atoms with E-state index in [1.165, 1.54) is 6.20 Å². The molecule has 2 rings (SSSR count). The van der Waals surface area contributed by atoms with Gasteiger partial charge in [0.1, 0.15) is 5.82 Å². The van der Waals surface area contributed by atoms with Crippen LogP contribution >= 0.6 is 23.2 Å². The van der Waals surface area contributed by atoms with E-state index < -0.39 is 5.91 Å². The van der Waals surface area contributed by atoms with Gasteiger partial charge in [0.05, 0.1) is 21.3 Å². The van der Waals surface area contributed by atoms with E-state index in [2.05, 4.69) is 10.3 Å². The summed E-state index contributed by atoms with van der Waals surface area (Å²) in [6, 6.07) is 6.66. The molecule has 19 heavy (non-hydrogen) atoms. The van der Waals surface area contributed by atoms with Crippen molar-refractivity contribution in [2.75, 3.05) is 11.1 Å². The molecule has 0 atom stereocenters. The number of pyridine rings is 1. The normalized spacial score (nSPS) is 10.3. The molecule has 0 radical (unpaired) electrons. The van der Waals surface area contributed by atoms with Crippen molar-refractivity contribution in [3.8, 4) is 0 Å². The van der Waals surface area contributed by atoms with E-state index in [-0.39, 0.29) is 11.4 Å². The van der Waals surface area contributed by atoms with Crippen LogP contribution in [0.4, 0.5) is 11.5 Å². The molecule has 0 spiro atoms. The number of aryl methyl sites for hydroxylation is 1. The average Bonchev–Trinajstić information content (AvgIpc) is 2.39. The monoisotopic (exact) mass is 295 g/mol. The Labute approximate surface area is 120 Å². The van der Waals surface area contributed by atoms with Gasteiger partial charge in [-0.15, -0.1) is 0 Å². The van der Waals surface area contributed by atoms with Gasteiger partial charge < -0.3 is 11.1 Å². The molecule has 4 nitrogen and oxygen atoms in total. The van der Waals surface area contributed by atoms with E-state index in [0.29, 0.717) is 15.7 Å². The van der Waals surface area contributed by atoms with Crippen LogP contribution in [0.1, 0.15) is 15.9 Å². The number of hydrogen-bond donors (Lipinski definition) is 2. The number of halogens is 2. The SMILES string of the molecule is Cc1ccc(Cl)c(NC(=O)c2cccnc2N)c1Cl. The van der Waals surface area contributed by atoms with Crippen molar-refractivity contribution in [3.05, 3.63) is 51.6 Å². The summed E-state index contributed by atoms with van der Waals surface area (Å²) < 4.78 is 0. The van der Waals surface area contributed by atoms with Crippen molar-refractivity contribution < 1.29 is 4.79 Å². The minimum atomic E-state index is -0.403. The fraction of sp³-hybridized carbons (Fsp3) is 0.0769. The van der Waals surface area contributed by atoms with Crippen LogP contribution < -0.4 is 11.1 Å². The van der Waals surface area contributed by atoms with E-state index in [1.807, 2.05) is 6.92 Å². The van der Waals surface area contributed by atoms with Crippen LogP contribution in [0.25, 0.3) is 0 Å². The summed E-state index contributed by atoms with van der Waals surface area (Å²) in [5.74, 6) is -0.250. The minimum Gasteiger partial charge on any atom is -0.383 e. The smallest absolute Gasteiger partial charge is 0.259 e. The van der Waals surface area contributed by atoms with Gasteiger partial charge in [0.15, 0.2) is 0 Å². The average molecular weight is 296 g/mol. The lowest BCUT2D eigenvalue weighted by Gasteiger charge is -2.11. The zero-order valence-electron chi connectivity index (χ0n) is 10.1. The predicted molar refractivity (Wildman–Crippen MR) is 77.8 cm³/mol. The number of amides is 1. The Balaban J connectivity index is 2.35. The highest BCUT2D eigenvalue weighted by Gasteiger charge is 2.15. The first kappa shape index (κ1) is 13.6. The number of aromatic nitrogens is 1. The van der Waals surface area contributed by atoms with Crippen LogP contribution in [0.5, 0.6) is 0 Å². The van der Waals surface area contributed by atoms with Crippen LogP contribution in [0, 0.1) is 6.92 Å². The molecule has 6 heteroatoms. The molecule has 0 fully saturated rings. The Bertz CT molecular complexity index is 644. The molecule has 0 aliphatic rings. The number of nitrogens with zero attached hydrogens (tertiary/aromatic N) is 1. The highest BCUT2D eigenvalue weighted by Crippen LogP contribution is 2.33. The molecule has 1 amide bonds. The fourth-order valence-electron chi connectivity index (χ4n) is 1.56. The van der Waals surface area contributed by atoms with Crippen molar-refractivity contribution >= 4 is 40.6 Å². The van der Waals surface area contributed by atoms with Gasteiger partial charge in [0.2, 0.25) is 0 Å². The number of nitrogens with one attached hydrogen (secondary N) is 1. The van der Waals surface area contributed by atoms with E-state index in [1.54, 1.807) is 24.3 Å². The number of rotatable bonds is 2. The quantitative estimate of drug-likeness (QED) is 0.890. The second-order valence-electron chi connectivity index (χ2n) is 3.94. The van der Waals surface area contributed by atoms with Crippen LogP contribution in [0.15, 0.2) is 30.5 Å². The van der Waals surface area contributed by atoms with Gasteiger partial charge in [-0.3, -0.25) is 4.79 Å². The van der Waals surface area contributed by atoms with Crippen LogP contribution in [-0.4, -0.2) is 10.9 Å². The molecule has 0 saturated heterocycles. The van der Waals surface area contributed by atoms with Crippen LogP contribution in [0.2, 0.25) is 10.0 Å². The second kappa shape index (κ2) is 5.47. The lowest BCUT2D eigenvalue weighted by atomic mass is 10.2. The Hall–Kier alpha value is -1.78. The number of hydrogen-bond acceptors (Lipinski definition) is 3. The highest BCUT2D eigenvalue weighted by atomic mass is 35.5. The zero-order valence-corrected chi connectivity index (χ0v) is 11.6. The molecule has 3 N–H and O–H groups in total. The van der Waals surface area contributed by atoms with E-state index in [9.17, 15) is 4.79 Å². The van der Waals surface area contributed by atoms with Gasteiger partial charge in [-0.05, 0) is 30.7 Å². The highest BCUT2D eigenvalue weighted by molar-refractivity contribution is 6.40. The number of nitrogen functional groups attached to an aromatic ring is 1. The van der Waals surface area contributed by atoms with Gasteiger partial charge in [-0.2, -0.15) is 0 Å². The summed E-state index contributed by atoms with van der Waals surface area (Å²) in [6.07, 6.45) is 1.51. The molecule has 2 aromatic rings. The molecule has 0 aliphatic carbocycles. The molecule has 0 unspecified atom stereocenters. The largest absolute Gasteiger partial charge is 0.383 e. The molecule has 0 bridgehead atoms. The Morgan fingerprint density at radius 2 is 2.05 bits per heavy atom. The fourth-order valence-corrected chi connectivity index (χ4v) is 2.03. The van der Waals surface area contributed by atoms with Crippen molar-refractivity contribution in [2.24, 2.45) is 0 Å². The minimum absolute atomic E-state index is 0.153. The summed E-state index contributed by atoms with van der Waals surface area (Å²) in [6.45, 7) is 1.83. The van der Waals surface area contributed by atoms with Gasteiger partial charge >= 0.3 is 0 Å². The summed E-state index contributed by atoms with van der Waals surface area (Å²) in [7, 11) is 0. The maximum atomic E-state index is 12.1. The molecule has 0 saturated carbocycles. The molecule has 1 heterocycles. The first-order chi connectivity index (χ1) is 9.00. The third-order valence-corrected chi connectivity index (χ3v) is 3.41. The molecule has 98 valence electrons. The zero-order chi connectivity index (χ0) is 14.0. The number of benzene rings is 1. The lowest BCUT2D eigenvalue weighted by molar-refractivity contribution is 0.102. The molecular formula is C13H11Cl2N3O. The predicted octanol–water partition coefficient (Wildman–Crippen LogP) is 3.53. The Kier molecular flexibility index (Phi) is 3.93. The van der Waals surface area contributed by atoms with Crippen molar-refractivity contribution in [1.82, 2.24) is 4.98 Å². The topological polar surface area (TPSA) is 68.0 Å². The van der Waals surface area contributed by atoms with E-state index in [4.69, 9.17) is 28.9 Å². The number of carbonyl (C=O) groups is 1. The van der Waals surface area contributed by atoms with Crippen LogP contribution in [0.3, 0.4) is 0 Å². The van der Waals surface area contributed by atoms with E-state index in [0.717, 1.165) is 5.56 Å². The number of carbonyl (C=O) groups excluding carboxylic acids is 1. The first-order valence-corrected chi connectivity index (χ1v) is 6.22. The molecule has 1 aromatic heterocycles. The third-order valence-electron chi connectivity index (χ3n) is 2.61. The number of nitrogens with two attached hydrogens (primary N) is 1. The molecule has 1 aromatic carbocycles. The third kappa shape index (κ3) is 2.80. The Morgan fingerprint density at radius 3 is 2.74 bits per heavy atom. The first-order valence-electron chi connectivity index (χ1n) is 5.47. The van der Waals surface area contributed by atoms with Gasteiger partial charge in [-0.25, -0.2) is 4.98 Å².